The van der Waals surface area contributed by atoms with E-state index in [9.17, 15) is 13.2 Å². The van der Waals surface area contributed by atoms with Gasteiger partial charge in [0.1, 0.15) is 4.90 Å². The summed E-state index contributed by atoms with van der Waals surface area (Å²) in [6, 6.07) is 6.55. The fourth-order valence-corrected chi connectivity index (χ4v) is 4.31. The van der Waals surface area contributed by atoms with Crippen LogP contribution in [0, 0.1) is 5.92 Å². The van der Waals surface area contributed by atoms with Gasteiger partial charge in [-0.1, -0.05) is 0 Å². The third-order valence-electron chi connectivity index (χ3n) is 4.33. The number of piperidine rings is 1. The van der Waals surface area contributed by atoms with Gasteiger partial charge in [-0.2, -0.15) is 4.31 Å². The van der Waals surface area contributed by atoms with E-state index in [1.165, 1.54) is 29.9 Å². The molecule has 1 saturated heterocycles. The Morgan fingerprint density at radius 2 is 1.96 bits per heavy atom. The number of nitrogens with one attached hydrogen (secondary N) is 1. The van der Waals surface area contributed by atoms with Crippen LogP contribution in [0.25, 0.3) is 0 Å². The van der Waals surface area contributed by atoms with E-state index in [0.717, 1.165) is 0 Å². The molecule has 0 atom stereocenters. The Hall–Kier alpha value is -2.52. The Bertz CT molecular complexity index is 865. The largest absolute Gasteiger partial charge is 0.493 e. The molecule has 0 spiro atoms. The van der Waals surface area contributed by atoms with Crippen LogP contribution in [0.15, 0.2) is 47.8 Å². The number of sulfonamides is 1. The fraction of sp³-hybridized carbons (Fsp3) is 0.353. The Balaban J connectivity index is 1.62. The van der Waals surface area contributed by atoms with Gasteiger partial charge < -0.3 is 10.1 Å². The molecule has 9 heteroatoms. The third kappa shape index (κ3) is 3.83. The maximum absolute atomic E-state index is 12.6. The van der Waals surface area contributed by atoms with E-state index >= 15 is 0 Å². The SMILES string of the molecule is COc1cccnc1NC(=O)C1CCN(S(=O)(=O)c2cccnc2)CC1. The first-order chi connectivity index (χ1) is 12.5. The molecule has 1 amide bonds. The molecule has 1 aliphatic heterocycles. The second-order valence-electron chi connectivity index (χ2n) is 5.91. The van der Waals surface area contributed by atoms with Crippen LogP contribution in [-0.2, 0) is 14.8 Å². The normalized spacial score (nSPS) is 16.2. The van der Waals surface area contributed by atoms with Crippen molar-refractivity contribution in [1.29, 1.82) is 0 Å². The summed E-state index contributed by atoms with van der Waals surface area (Å²) in [6.45, 7) is 0.573. The van der Waals surface area contributed by atoms with Crippen molar-refractivity contribution < 1.29 is 17.9 Å². The highest BCUT2D eigenvalue weighted by atomic mass is 32.2. The van der Waals surface area contributed by atoms with Crippen molar-refractivity contribution in [3.63, 3.8) is 0 Å². The van der Waals surface area contributed by atoms with Gasteiger partial charge in [0.25, 0.3) is 0 Å². The van der Waals surface area contributed by atoms with Crippen LogP contribution in [0.4, 0.5) is 5.82 Å². The molecule has 0 bridgehead atoms. The number of hydrogen-bond acceptors (Lipinski definition) is 6. The monoisotopic (exact) mass is 376 g/mol. The fourth-order valence-electron chi connectivity index (χ4n) is 2.87. The highest BCUT2D eigenvalue weighted by Crippen LogP contribution is 2.26. The molecule has 1 aliphatic rings. The number of aromatic nitrogens is 2. The molecule has 2 aromatic rings. The van der Waals surface area contributed by atoms with Crippen molar-refractivity contribution in [3.05, 3.63) is 42.9 Å². The molecule has 26 heavy (non-hydrogen) atoms. The lowest BCUT2D eigenvalue weighted by Crippen LogP contribution is -2.41. The number of methoxy groups -OCH3 is 1. The minimum Gasteiger partial charge on any atom is -0.493 e. The molecule has 0 radical (unpaired) electrons. The molecule has 138 valence electrons. The number of carbonyl (C=O) groups excluding carboxylic acids is 1. The molecule has 0 aliphatic carbocycles. The zero-order chi connectivity index (χ0) is 18.6. The van der Waals surface area contributed by atoms with E-state index in [0.29, 0.717) is 24.4 Å². The molecule has 8 nitrogen and oxygen atoms in total. The lowest BCUT2D eigenvalue weighted by molar-refractivity contribution is -0.120. The van der Waals surface area contributed by atoms with Crippen LogP contribution >= 0.6 is 0 Å². The quantitative estimate of drug-likeness (QED) is 0.849. The average molecular weight is 376 g/mol. The topological polar surface area (TPSA) is 101 Å². The van der Waals surface area contributed by atoms with Gasteiger partial charge >= 0.3 is 0 Å². The van der Waals surface area contributed by atoms with Crippen molar-refractivity contribution >= 4 is 21.7 Å². The molecule has 1 N–H and O–H groups in total. The lowest BCUT2D eigenvalue weighted by atomic mass is 9.97. The van der Waals surface area contributed by atoms with Crippen molar-refractivity contribution in [1.82, 2.24) is 14.3 Å². The number of pyridine rings is 2. The first-order valence-corrected chi connectivity index (χ1v) is 9.66. The number of rotatable bonds is 5. The number of nitrogens with zero attached hydrogens (tertiary/aromatic N) is 3. The van der Waals surface area contributed by atoms with Crippen LogP contribution in [0.5, 0.6) is 5.75 Å². The Morgan fingerprint density at radius 1 is 1.23 bits per heavy atom. The minimum atomic E-state index is -3.57. The van der Waals surface area contributed by atoms with Gasteiger partial charge in [0, 0.05) is 37.6 Å². The molecule has 1 fully saturated rings. The smallest absolute Gasteiger partial charge is 0.244 e. The maximum atomic E-state index is 12.6. The summed E-state index contributed by atoms with van der Waals surface area (Å²) in [6.07, 6.45) is 5.32. The second-order valence-corrected chi connectivity index (χ2v) is 7.85. The van der Waals surface area contributed by atoms with Crippen LogP contribution in [0.2, 0.25) is 0 Å². The van der Waals surface area contributed by atoms with Gasteiger partial charge in [-0.05, 0) is 37.1 Å². The Morgan fingerprint density at radius 3 is 2.62 bits per heavy atom. The molecular formula is C17H20N4O4S. The van der Waals surface area contributed by atoms with Gasteiger partial charge in [-0.15, -0.1) is 0 Å². The highest BCUT2D eigenvalue weighted by Gasteiger charge is 2.32. The molecule has 0 saturated carbocycles. The van der Waals surface area contributed by atoms with Crippen LogP contribution in [0.3, 0.4) is 0 Å². The summed E-state index contributed by atoms with van der Waals surface area (Å²) < 4.78 is 31.8. The summed E-state index contributed by atoms with van der Waals surface area (Å²) in [5.74, 6) is 0.394. The lowest BCUT2D eigenvalue weighted by Gasteiger charge is -2.30. The van der Waals surface area contributed by atoms with Gasteiger partial charge in [0.15, 0.2) is 11.6 Å². The van der Waals surface area contributed by atoms with E-state index in [-0.39, 0.29) is 29.8 Å². The van der Waals surface area contributed by atoms with Crippen LogP contribution in [-0.4, -0.2) is 48.8 Å². The van der Waals surface area contributed by atoms with Crippen LogP contribution < -0.4 is 10.1 Å². The predicted molar refractivity (Wildman–Crippen MR) is 95.1 cm³/mol. The molecule has 0 aromatic carbocycles. The number of anilines is 1. The molecular weight excluding hydrogens is 356 g/mol. The van der Waals surface area contributed by atoms with Crippen molar-refractivity contribution in [2.45, 2.75) is 17.7 Å². The van der Waals surface area contributed by atoms with E-state index in [2.05, 4.69) is 15.3 Å². The maximum Gasteiger partial charge on any atom is 0.244 e. The van der Waals surface area contributed by atoms with E-state index in [1.54, 1.807) is 24.4 Å². The summed E-state index contributed by atoms with van der Waals surface area (Å²) in [5.41, 5.74) is 0. The second kappa shape index (κ2) is 7.79. The van der Waals surface area contributed by atoms with Gasteiger partial charge in [-0.3, -0.25) is 9.78 Å². The van der Waals surface area contributed by atoms with Gasteiger partial charge in [-0.25, -0.2) is 13.4 Å². The van der Waals surface area contributed by atoms with Gasteiger partial charge in [0.05, 0.1) is 7.11 Å². The first kappa shape index (κ1) is 18.3. The number of hydrogen-bond donors (Lipinski definition) is 1. The first-order valence-electron chi connectivity index (χ1n) is 8.22. The summed E-state index contributed by atoms with van der Waals surface area (Å²) >= 11 is 0. The standard InChI is InChI=1S/C17H20N4O4S/c1-25-15-5-3-9-19-16(15)20-17(22)13-6-10-21(11-7-13)26(23,24)14-4-2-8-18-12-14/h2-5,8-9,12-13H,6-7,10-11H2,1H3,(H,19,20,22). The zero-order valence-corrected chi connectivity index (χ0v) is 15.1. The third-order valence-corrected chi connectivity index (χ3v) is 6.21. The van der Waals surface area contributed by atoms with E-state index in [4.69, 9.17) is 4.74 Å². The van der Waals surface area contributed by atoms with Crippen molar-refractivity contribution in [2.75, 3.05) is 25.5 Å². The van der Waals surface area contributed by atoms with E-state index < -0.39 is 10.0 Å². The number of amides is 1. The number of carbonyl (C=O) groups is 1. The summed E-state index contributed by atoms with van der Waals surface area (Å²) in [5, 5.41) is 2.76. The Labute approximate surface area is 152 Å². The van der Waals surface area contributed by atoms with E-state index in [1.807, 2.05) is 0 Å². The molecule has 2 aromatic heterocycles. The average Bonchev–Trinajstić information content (AvgIpc) is 2.69. The number of ether oxygens (including phenoxy) is 1. The summed E-state index contributed by atoms with van der Waals surface area (Å²) in [7, 11) is -2.07. The molecule has 3 heterocycles. The van der Waals surface area contributed by atoms with Crippen molar-refractivity contribution in [2.24, 2.45) is 5.92 Å². The predicted octanol–water partition coefficient (Wildman–Crippen LogP) is 1.52. The highest BCUT2D eigenvalue weighted by molar-refractivity contribution is 7.89. The minimum absolute atomic E-state index is 0.168. The summed E-state index contributed by atoms with van der Waals surface area (Å²) in [4.78, 5) is 20.6. The molecule has 3 rings (SSSR count). The zero-order valence-electron chi connectivity index (χ0n) is 14.3. The van der Waals surface area contributed by atoms with Crippen molar-refractivity contribution in [3.8, 4) is 5.75 Å². The van der Waals surface area contributed by atoms with Gasteiger partial charge in [0.2, 0.25) is 15.9 Å². The molecule has 0 unspecified atom stereocenters. The van der Waals surface area contributed by atoms with Crippen LogP contribution in [0.1, 0.15) is 12.8 Å². The Kier molecular flexibility index (Phi) is 5.48.